The number of aromatic nitrogens is 3. The molecule has 1 atom stereocenters. The van der Waals surface area contributed by atoms with Gasteiger partial charge in [-0.25, -0.2) is 9.97 Å². The fourth-order valence-electron chi connectivity index (χ4n) is 2.13. The number of hydrogen-bond acceptors (Lipinski definition) is 4. The summed E-state index contributed by atoms with van der Waals surface area (Å²) in [4.78, 5) is 21.1. The Morgan fingerprint density at radius 3 is 2.81 bits per heavy atom. The highest BCUT2D eigenvalue weighted by molar-refractivity contribution is 7.09. The van der Waals surface area contributed by atoms with Crippen LogP contribution in [0, 0.1) is 0 Å². The summed E-state index contributed by atoms with van der Waals surface area (Å²) < 4.78 is 1.93. The van der Waals surface area contributed by atoms with E-state index in [4.69, 9.17) is 0 Å². The summed E-state index contributed by atoms with van der Waals surface area (Å²) >= 11 is 1.59. The Bertz CT molecular complexity index is 602. The second-order valence-electron chi connectivity index (χ2n) is 5.33. The van der Waals surface area contributed by atoms with Crippen molar-refractivity contribution >= 4 is 17.2 Å². The molecule has 1 N–H and O–H groups in total. The van der Waals surface area contributed by atoms with Crippen LogP contribution in [0.15, 0.2) is 17.8 Å². The zero-order valence-electron chi connectivity index (χ0n) is 13.0. The molecule has 0 unspecified atom stereocenters. The Kier molecular flexibility index (Phi) is 5.12. The highest BCUT2D eigenvalue weighted by atomic mass is 32.1. The van der Waals surface area contributed by atoms with Gasteiger partial charge in [0, 0.05) is 23.7 Å². The van der Waals surface area contributed by atoms with Crippen molar-refractivity contribution in [3.05, 3.63) is 34.3 Å². The van der Waals surface area contributed by atoms with E-state index in [0.717, 1.165) is 22.9 Å². The number of carbonyl (C=O) groups is 1. The second kappa shape index (κ2) is 6.85. The number of aryl methyl sites for hydroxylation is 1. The molecule has 0 aliphatic heterocycles. The van der Waals surface area contributed by atoms with Crippen LogP contribution in [0.5, 0.6) is 0 Å². The first-order chi connectivity index (χ1) is 10.0. The van der Waals surface area contributed by atoms with Crippen molar-refractivity contribution in [2.45, 2.75) is 52.6 Å². The maximum atomic E-state index is 12.3. The average molecular weight is 306 g/mol. The van der Waals surface area contributed by atoms with Gasteiger partial charge in [-0.15, -0.1) is 11.3 Å². The standard InChI is InChI=1S/C15H22N4OS/c1-5-12-9-21-13(18-12)8-17-15(20)11(4)19-7-6-16-14(19)10(2)3/h6-7,9-11H,5,8H2,1-4H3,(H,17,20)/t11-/m1/s1. The van der Waals surface area contributed by atoms with Crippen molar-refractivity contribution in [1.29, 1.82) is 0 Å². The van der Waals surface area contributed by atoms with Crippen LogP contribution in [0.2, 0.25) is 0 Å². The van der Waals surface area contributed by atoms with Crippen molar-refractivity contribution in [2.75, 3.05) is 0 Å². The Hall–Kier alpha value is -1.69. The molecule has 6 heteroatoms. The van der Waals surface area contributed by atoms with Crippen LogP contribution in [0.1, 0.15) is 56.2 Å². The van der Waals surface area contributed by atoms with E-state index in [1.54, 1.807) is 17.5 Å². The predicted molar refractivity (Wildman–Crippen MR) is 84.4 cm³/mol. The molecule has 21 heavy (non-hydrogen) atoms. The van der Waals surface area contributed by atoms with Crippen molar-refractivity contribution in [2.24, 2.45) is 0 Å². The van der Waals surface area contributed by atoms with Gasteiger partial charge in [0.2, 0.25) is 5.91 Å². The molecule has 0 aromatic carbocycles. The molecule has 0 saturated heterocycles. The topological polar surface area (TPSA) is 59.8 Å². The minimum atomic E-state index is -0.268. The van der Waals surface area contributed by atoms with Gasteiger partial charge < -0.3 is 9.88 Å². The molecule has 2 aromatic heterocycles. The molecule has 114 valence electrons. The molecule has 2 aromatic rings. The van der Waals surface area contributed by atoms with E-state index in [0.29, 0.717) is 12.5 Å². The first kappa shape index (κ1) is 15.7. The molecular formula is C15H22N4OS. The average Bonchev–Trinajstić information content (AvgIpc) is 3.12. The van der Waals surface area contributed by atoms with Crippen LogP contribution in [0.25, 0.3) is 0 Å². The van der Waals surface area contributed by atoms with Crippen molar-refractivity contribution in [1.82, 2.24) is 19.9 Å². The maximum Gasteiger partial charge on any atom is 0.243 e. The Morgan fingerprint density at radius 2 is 2.19 bits per heavy atom. The van der Waals surface area contributed by atoms with Crippen LogP contribution in [-0.4, -0.2) is 20.4 Å². The lowest BCUT2D eigenvalue weighted by atomic mass is 10.2. The third-order valence-electron chi connectivity index (χ3n) is 3.39. The van der Waals surface area contributed by atoms with Crippen LogP contribution < -0.4 is 5.32 Å². The fraction of sp³-hybridized carbons (Fsp3) is 0.533. The molecule has 0 fully saturated rings. The van der Waals surface area contributed by atoms with Gasteiger partial charge in [-0.1, -0.05) is 20.8 Å². The number of hydrogen-bond donors (Lipinski definition) is 1. The van der Waals surface area contributed by atoms with Gasteiger partial charge in [0.25, 0.3) is 0 Å². The molecule has 0 bridgehead atoms. The quantitative estimate of drug-likeness (QED) is 0.892. The Balaban J connectivity index is 1.97. The lowest BCUT2D eigenvalue weighted by Gasteiger charge is -2.17. The summed E-state index contributed by atoms with van der Waals surface area (Å²) in [6.45, 7) is 8.60. The number of amides is 1. The Morgan fingerprint density at radius 1 is 1.43 bits per heavy atom. The summed E-state index contributed by atoms with van der Waals surface area (Å²) in [6.07, 6.45) is 4.53. The van der Waals surface area contributed by atoms with Crippen LogP contribution in [0.3, 0.4) is 0 Å². The van der Waals surface area contributed by atoms with E-state index in [-0.39, 0.29) is 11.9 Å². The van der Waals surface area contributed by atoms with E-state index < -0.39 is 0 Å². The summed E-state index contributed by atoms with van der Waals surface area (Å²) in [6, 6.07) is -0.268. The molecule has 0 spiro atoms. The summed E-state index contributed by atoms with van der Waals surface area (Å²) in [5.41, 5.74) is 1.08. The summed E-state index contributed by atoms with van der Waals surface area (Å²) in [7, 11) is 0. The maximum absolute atomic E-state index is 12.3. The molecule has 2 rings (SSSR count). The summed E-state index contributed by atoms with van der Waals surface area (Å²) in [5.74, 6) is 1.21. The van der Waals surface area contributed by atoms with Crippen LogP contribution in [0.4, 0.5) is 0 Å². The van der Waals surface area contributed by atoms with Gasteiger partial charge >= 0.3 is 0 Å². The third-order valence-corrected chi connectivity index (χ3v) is 4.28. The van der Waals surface area contributed by atoms with Gasteiger partial charge in [0.05, 0.1) is 12.2 Å². The number of thiazole rings is 1. The normalized spacial score (nSPS) is 12.6. The van der Waals surface area contributed by atoms with E-state index in [1.807, 2.05) is 23.1 Å². The van der Waals surface area contributed by atoms with Gasteiger partial charge in [-0.2, -0.15) is 0 Å². The highest BCUT2D eigenvalue weighted by Crippen LogP contribution is 2.17. The molecule has 0 aliphatic carbocycles. The molecule has 0 saturated carbocycles. The monoisotopic (exact) mass is 306 g/mol. The minimum Gasteiger partial charge on any atom is -0.348 e. The number of rotatable bonds is 6. The third kappa shape index (κ3) is 3.69. The van der Waals surface area contributed by atoms with E-state index in [2.05, 4.69) is 36.1 Å². The van der Waals surface area contributed by atoms with E-state index >= 15 is 0 Å². The highest BCUT2D eigenvalue weighted by Gasteiger charge is 2.19. The van der Waals surface area contributed by atoms with E-state index in [1.165, 1.54) is 0 Å². The number of imidazole rings is 1. The smallest absolute Gasteiger partial charge is 0.243 e. The minimum absolute atomic E-state index is 0.0110. The first-order valence-electron chi connectivity index (χ1n) is 7.26. The number of nitrogens with one attached hydrogen (secondary N) is 1. The molecule has 1 amide bonds. The lowest BCUT2D eigenvalue weighted by Crippen LogP contribution is -2.31. The molecule has 2 heterocycles. The molecule has 0 aliphatic rings. The van der Waals surface area contributed by atoms with Gasteiger partial charge in [0.15, 0.2) is 0 Å². The van der Waals surface area contributed by atoms with Gasteiger partial charge in [-0.3, -0.25) is 4.79 Å². The zero-order valence-corrected chi connectivity index (χ0v) is 13.8. The SMILES string of the molecule is CCc1csc(CNC(=O)[C@@H](C)n2ccnc2C(C)C)n1. The molecule has 5 nitrogen and oxygen atoms in total. The van der Waals surface area contributed by atoms with Crippen molar-refractivity contribution in [3.8, 4) is 0 Å². The first-order valence-corrected chi connectivity index (χ1v) is 8.14. The summed E-state index contributed by atoms with van der Waals surface area (Å²) in [5, 5.41) is 5.94. The Labute approximate surface area is 129 Å². The van der Waals surface area contributed by atoms with Gasteiger partial charge in [-0.05, 0) is 13.3 Å². The number of nitrogens with zero attached hydrogens (tertiary/aromatic N) is 3. The number of carbonyl (C=O) groups excluding carboxylic acids is 1. The largest absolute Gasteiger partial charge is 0.348 e. The van der Waals surface area contributed by atoms with Crippen molar-refractivity contribution < 1.29 is 4.79 Å². The van der Waals surface area contributed by atoms with Gasteiger partial charge in [0.1, 0.15) is 16.9 Å². The predicted octanol–water partition coefficient (Wildman–Crippen LogP) is 2.90. The van der Waals surface area contributed by atoms with Crippen LogP contribution >= 0.6 is 11.3 Å². The van der Waals surface area contributed by atoms with Crippen molar-refractivity contribution in [3.63, 3.8) is 0 Å². The molecular weight excluding hydrogens is 284 g/mol. The van der Waals surface area contributed by atoms with E-state index in [9.17, 15) is 4.79 Å². The second-order valence-corrected chi connectivity index (χ2v) is 6.27. The molecule has 0 radical (unpaired) electrons. The lowest BCUT2D eigenvalue weighted by molar-refractivity contribution is -0.124. The fourth-order valence-corrected chi connectivity index (χ4v) is 2.95. The van der Waals surface area contributed by atoms with Crippen LogP contribution in [-0.2, 0) is 17.8 Å². The zero-order chi connectivity index (χ0) is 15.4.